The van der Waals surface area contributed by atoms with E-state index in [1.807, 2.05) is 31.2 Å². The van der Waals surface area contributed by atoms with Crippen molar-refractivity contribution < 1.29 is 17.9 Å². The zero-order valence-corrected chi connectivity index (χ0v) is 20.1. The molecule has 174 valence electrons. The van der Waals surface area contributed by atoms with Crippen LogP contribution in [0, 0.1) is 6.92 Å². The lowest BCUT2D eigenvalue weighted by Crippen LogP contribution is -2.32. The molecule has 0 aromatic heterocycles. The molecule has 0 aliphatic heterocycles. The summed E-state index contributed by atoms with van der Waals surface area (Å²) in [6.45, 7) is 8.05. The summed E-state index contributed by atoms with van der Waals surface area (Å²) in [5.74, 6) is 0. The number of benzene rings is 2. The highest BCUT2D eigenvalue weighted by Gasteiger charge is 2.39. The molecule has 1 fully saturated rings. The molecule has 7 nitrogen and oxygen atoms in total. The molecule has 1 saturated carbocycles. The first-order chi connectivity index (χ1) is 15.2. The third-order valence-corrected chi connectivity index (χ3v) is 6.60. The van der Waals surface area contributed by atoms with Crippen molar-refractivity contribution in [2.75, 3.05) is 34.3 Å². The molecular formula is C24H33N3O4S. The number of sulfonamides is 1. The Balaban J connectivity index is 1.74. The average Bonchev–Trinajstić information content (AvgIpc) is 3.19. The SMILES string of the molecule is CCN(CC)c1ccc(NC(=O)OC2(c3ccc(NS(C)(=O)=O)cc3)CCCC2)c(C)c1. The van der Waals surface area contributed by atoms with Gasteiger partial charge in [0.2, 0.25) is 10.0 Å². The van der Waals surface area contributed by atoms with Crippen molar-refractivity contribution in [3.63, 3.8) is 0 Å². The first-order valence-corrected chi connectivity index (χ1v) is 13.0. The van der Waals surface area contributed by atoms with E-state index in [-0.39, 0.29) is 0 Å². The number of aryl methyl sites for hydroxylation is 1. The van der Waals surface area contributed by atoms with E-state index in [1.165, 1.54) is 0 Å². The van der Waals surface area contributed by atoms with Crippen molar-refractivity contribution in [2.24, 2.45) is 0 Å². The highest BCUT2D eigenvalue weighted by Crippen LogP contribution is 2.43. The number of nitrogens with zero attached hydrogens (tertiary/aromatic N) is 1. The Bertz CT molecular complexity index is 1040. The van der Waals surface area contributed by atoms with Crippen LogP contribution in [0.5, 0.6) is 0 Å². The second-order valence-corrected chi connectivity index (χ2v) is 10.1. The normalized spacial score (nSPS) is 15.2. The zero-order chi connectivity index (χ0) is 23.4. The van der Waals surface area contributed by atoms with E-state index < -0.39 is 21.7 Å². The standard InChI is InChI=1S/C24H33N3O4S/c1-5-27(6-2)21-13-14-22(18(3)17-21)25-23(28)31-24(15-7-8-16-24)19-9-11-20(12-10-19)26-32(4,29)30/h9-14,17,26H,5-8,15-16H2,1-4H3,(H,25,28). The molecule has 0 atom stereocenters. The number of anilines is 3. The van der Waals surface area contributed by atoms with Crippen LogP contribution in [0.1, 0.15) is 50.7 Å². The number of amides is 1. The van der Waals surface area contributed by atoms with E-state index >= 15 is 0 Å². The van der Waals surface area contributed by atoms with Gasteiger partial charge in [-0.05, 0) is 87.9 Å². The van der Waals surface area contributed by atoms with Crippen molar-refractivity contribution in [1.82, 2.24) is 0 Å². The summed E-state index contributed by atoms with van der Waals surface area (Å²) >= 11 is 0. The summed E-state index contributed by atoms with van der Waals surface area (Å²) < 4.78 is 31.4. The Hall–Kier alpha value is -2.74. The Morgan fingerprint density at radius 3 is 2.22 bits per heavy atom. The van der Waals surface area contributed by atoms with Gasteiger partial charge < -0.3 is 9.64 Å². The van der Waals surface area contributed by atoms with Gasteiger partial charge in [0.15, 0.2) is 0 Å². The first-order valence-electron chi connectivity index (χ1n) is 11.1. The maximum atomic E-state index is 12.8. The largest absolute Gasteiger partial charge is 0.438 e. The van der Waals surface area contributed by atoms with Crippen molar-refractivity contribution in [2.45, 2.75) is 52.1 Å². The summed E-state index contributed by atoms with van der Waals surface area (Å²) in [5.41, 5.74) is 3.48. The van der Waals surface area contributed by atoms with E-state index in [2.05, 4.69) is 34.9 Å². The number of rotatable bonds is 8. The van der Waals surface area contributed by atoms with Crippen LogP contribution in [-0.2, 0) is 20.4 Å². The van der Waals surface area contributed by atoms with E-state index in [1.54, 1.807) is 12.1 Å². The summed E-state index contributed by atoms with van der Waals surface area (Å²) in [6.07, 6.45) is 4.04. The van der Waals surface area contributed by atoms with Gasteiger partial charge in [-0.15, -0.1) is 0 Å². The van der Waals surface area contributed by atoms with Gasteiger partial charge in [0, 0.05) is 30.2 Å². The molecule has 0 radical (unpaired) electrons. The number of carbonyl (C=O) groups is 1. The lowest BCUT2D eigenvalue weighted by molar-refractivity contribution is 0.0214. The van der Waals surface area contributed by atoms with Gasteiger partial charge in [-0.2, -0.15) is 0 Å². The molecule has 32 heavy (non-hydrogen) atoms. The van der Waals surface area contributed by atoms with Crippen LogP contribution in [-0.4, -0.2) is 33.9 Å². The molecule has 0 spiro atoms. The quantitative estimate of drug-likeness (QED) is 0.564. The van der Waals surface area contributed by atoms with Crippen molar-refractivity contribution in [3.05, 3.63) is 53.6 Å². The van der Waals surface area contributed by atoms with Crippen molar-refractivity contribution in [3.8, 4) is 0 Å². The predicted molar refractivity (Wildman–Crippen MR) is 130 cm³/mol. The fraction of sp³-hybridized carbons (Fsp3) is 0.458. The molecule has 2 aromatic rings. The van der Waals surface area contributed by atoms with Gasteiger partial charge in [-0.1, -0.05) is 12.1 Å². The first kappa shape index (κ1) is 23.9. The van der Waals surface area contributed by atoms with Crippen LogP contribution in [0.25, 0.3) is 0 Å². The minimum absolute atomic E-state index is 0.482. The fourth-order valence-corrected chi connectivity index (χ4v) is 4.90. The second kappa shape index (κ2) is 9.81. The highest BCUT2D eigenvalue weighted by molar-refractivity contribution is 7.92. The van der Waals surface area contributed by atoms with Crippen LogP contribution in [0.15, 0.2) is 42.5 Å². The molecule has 1 amide bonds. The van der Waals surface area contributed by atoms with Crippen LogP contribution < -0.4 is 14.9 Å². The molecule has 3 rings (SSSR count). The molecule has 1 aliphatic carbocycles. The molecule has 0 unspecified atom stereocenters. The second-order valence-electron chi connectivity index (χ2n) is 8.34. The Kier molecular flexibility index (Phi) is 7.33. The molecule has 2 aromatic carbocycles. The topological polar surface area (TPSA) is 87.7 Å². The van der Waals surface area contributed by atoms with Gasteiger partial charge in [0.1, 0.15) is 5.60 Å². The fourth-order valence-electron chi connectivity index (χ4n) is 4.34. The molecular weight excluding hydrogens is 426 g/mol. The van der Waals surface area contributed by atoms with E-state index in [4.69, 9.17) is 4.74 Å². The van der Waals surface area contributed by atoms with Gasteiger partial charge >= 0.3 is 6.09 Å². The van der Waals surface area contributed by atoms with E-state index in [0.717, 1.165) is 67.5 Å². The summed E-state index contributed by atoms with van der Waals surface area (Å²) in [4.78, 5) is 15.1. The van der Waals surface area contributed by atoms with Crippen molar-refractivity contribution in [1.29, 1.82) is 0 Å². The minimum Gasteiger partial charge on any atom is -0.438 e. The van der Waals surface area contributed by atoms with E-state index in [9.17, 15) is 13.2 Å². The Labute approximate surface area is 191 Å². The highest BCUT2D eigenvalue weighted by atomic mass is 32.2. The predicted octanol–water partition coefficient (Wildman–Crippen LogP) is 5.23. The Morgan fingerprint density at radius 2 is 1.69 bits per heavy atom. The maximum Gasteiger partial charge on any atom is 0.412 e. The number of hydrogen-bond acceptors (Lipinski definition) is 5. The van der Waals surface area contributed by atoms with Crippen molar-refractivity contribution >= 4 is 33.2 Å². The Morgan fingerprint density at radius 1 is 1.06 bits per heavy atom. The van der Waals surface area contributed by atoms with Gasteiger partial charge in [-0.25, -0.2) is 13.2 Å². The number of ether oxygens (including phenoxy) is 1. The number of nitrogens with one attached hydrogen (secondary N) is 2. The summed E-state index contributed by atoms with van der Waals surface area (Å²) in [7, 11) is -3.34. The zero-order valence-electron chi connectivity index (χ0n) is 19.3. The molecule has 0 bridgehead atoms. The maximum absolute atomic E-state index is 12.8. The lowest BCUT2D eigenvalue weighted by Gasteiger charge is -2.30. The molecule has 0 heterocycles. The average molecular weight is 460 g/mol. The molecule has 1 aliphatic rings. The van der Waals surface area contributed by atoms with Crippen LogP contribution in [0.2, 0.25) is 0 Å². The summed E-state index contributed by atoms with van der Waals surface area (Å²) in [5, 5.41) is 2.90. The number of hydrogen-bond donors (Lipinski definition) is 2. The minimum atomic E-state index is -3.34. The van der Waals surface area contributed by atoms with Crippen LogP contribution in [0.4, 0.5) is 21.9 Å². The monoisotopic (exact) mass is 459 g/mol. The molecule has 8 heteroatoms. The third kappa shape index (κ3) is 5.73. The molecule has 0 saturated heterocycles. The lowest BCUT2D eigenvalue weighted by atomic mass is 9.92. The number of carbonyl (C=O) groups excluding carboxylic acids is 1. The van der Waals surface area contributed by atoms with E-state index in [0.29, 0.717) is 5.69 Å². The van der Waals surface area contributed by atoms with Gasteiger partial charge in [0.25, 0.3) is 0 Å². The third-order valence-electron chi connectivity index (χ3n) is 5.99. The smallest absolute Gasteiger partial charge is 0.412 e. The summed E-state index contributed by atoms with van der Waals surface area (Å²) in [6, 6.07) is 13.1. The molecule has 2 N–H and O–H groups in total. The van der Waals surface area contributed by atoms with Crippen LogP contribution in [0.3, 0.4) is 0 Å². The van der Waals surface area contributed by atoms with Gasteiger partial charge in [-0.3, -0.25) is 10.0 Å². The van der Waals surface area contributed by atoms with Gasteiger partial charge in [0.05, 0.1) is 6.26 Å². The van der Waals surface area contributed by atoms with Crippen LogP contribution >= 0.6 is 0 Å².